The molecule has 1 saturated heterocycles. The summed E-state index contributed by atoms with van der Waals surface area (Å²) in [5.74, 6) is 1.62. The molecule has 6 heteroatoms. The summed E-state index contributed by atoms with van der Waals surface area (Å²) >= 11 is 1.35. The van der Waals surface area contributed by atoms with Crippen molar-refractivity contribution in [3.63, 3.8) is 0 Å². The zero-order valence-electron chi connectivity index (χ0n) is 13.2. The Morgan fingerprint density at radius 3 is 2.77 bits per heavy atom. The number of thioether (sulfide) groups is 1. The van der Waals surface area contributed by atoms with Gasteiger partial charge in [0.1, 0.15) is 0 Å². The Morgan fingerprint density at radius 2 is 2.05 bits per heavy atom. The molecule has 1 amide bonds. The van der Waals surface area contributed by atoms with Crippen molar-refractivity contribution in [3.8, 4) is 0 Å². The second-order valence-electron chi connectivity index (χ2n) is 6.68. The molecule has 120 valence electrons. The van der Waals surface area contributed by atoms with E-state index in [9.17, 15) is 9.59 Å². The maximum absolute atomic E-state index is 12.4. The first-order valence-corrected chi connectivity index (χ1v) is 9.04. The van der Waals surface area contributed by atoms with Gasteiger partial charge in [0.05, 0.1) is 11.4 Å². The van der Waals surface area contributed by atoms with Gasteiger partial charge >= 0.3 is 0 Å². The maximum Gasteiger partial charge on any atom is 0.254 e. The topological polar surface area (TPSA) is 66.1 Å². The van der Waals surface area contributed by atoms with Crippen LogP contribution in [0.25, 0.3) is 0 Å². The number of nitrogens with zero attached hydrogens (tertiary/aromatic N) is 2. The number of nitrogens with one attached hydrogen (secondary N) is 1. The summed E-state index contributed by atoms with van der Waals surface area (Å²) in [7, 11) is 0. The summed E-state index contributed by atoms with van der Waals surface area (Å²) in [4.78, 5) is 33.6. The Kier molecular flexibility index (Phi) is 4.57. The van der Waals surface area contributed by atoms with Crippen molar-refractivity contribution < 1.29 is 4.79 Å². The van der Waals surface area contributed by atoms with Gasteiger partial charge in [0, 0.05) is 18.7 Å². The molecule has 0 unspecified atom stereocenters. The summed E-state index contributed by atoms with van der Waals surface area (Å²) in [6.07, 6.45) is 3.89. The number of piperidine rings is 1. The molecule has 3 rings (SSSR count). The Morgan fingerprint density at radius 1 is 1.32 bits per heavy atom. The number of rotatable bonds is 3. The molecule has 1 aromatic rings. The molecule has 2 heterocycles. The number of hydrogen-bond donors (Lipinski definition) is 1. The van der Waals surface area contributed by atoms with E-state index in [1.165, 1.54) is 18.2 Å². The minimum absolute atomic E-state index is 0.0299. The van der Waals surface area contributed by atoms with Crippen LogP contribution in [-0.4, -0.2) is 39.6 Å². The molecule has 0 spiro atoms. The lowest BCUT2D eigenvalue weighted by Crippen LogP contribution is -2.43. The van der Waals surface area contributed by atoms with Crippen LogP contribution in [0, 0.1) is 11.8 Å². The molecule has 0 aromatic carbocycles. The molecular weight excluding hydrogens is 298 g/mol. The highest BCUT2D eigenvalue weighted by atomic mass is 32.2. The number of carbonyl (C=O) groups excluding carboxylic acids is 1. The molecule has 2 atom stereocenters. The first-order chi connectivity index (χ1) is 10.5. The quantitative estimate of drug-likeness (QED) is 0.681. The van der Waals surface area contributed by atoms with Crippen LogP contribution in [-0.2, 0) is 17.6 Å². The van der Waals surface area contributed by atoms with Crippen molar-refractivity contribution >= 4 is 17.7 Å². The zero-order valence-corrected chi connectivity index (χ0v) is 14.0. The van der Waals surface area contributed by atoms with E-state index in [0.717, 1.165) is 43.6 Å². The molecule has 1 aromatic heterocycles. The second-order valence-corrected chi connectivity index (χ2v) is 7.65. The van der Waals surface area contributed by atoms with E-state index in [2.05, 4.69) is 23.8 Å². The lowest BCUT2D eigenvalue weighted by molar-refractivity contribution is -0.130. The highest BCUT2D eigenvalue weighted by Gasteiger charge is 2.25. The molecule has 1 fully saturated rings. The summed E-state index contributed by atoms with van der Waals surface area (Å²) < 4.78 is 0. The average Bonchev–Trinajstić information content (AvgIpc) is 2.92. The number of aromatic amines is 1. The minimum Gasteiger partial charge on any atom is -0.341 e. The first-order valence-electron chi connectivity index (χ1n) is 8.05. The lowest BCUT2D eigenvalue weighted by Gasteiger charge is -2.34. The third-order valence-corrected chi connectivity index (χ3v) is 5.33. The minimum atomic E-state index is -0.0299. The van der Waals surface area contributed by atoms with Crippen molar-refractivity contribution in [2.75, 3.05) is 18.8 Å². The number of hydrogen-bond acceptors (Lipinski definition) is 4. The van der Waals surface area contributed by atoms with Gasteiger partial charge in [-0.15, -0.1) is 0 Å². The average molecular weight is 321 g/mol. The Balaban J connectivity index is 1.62. The van der Waals surface area contributed by atoms with E-state index < -0.39 is 0 Å². The molecule has 1 aliphatic heterocycles. The van der Waals surface area contributed by atoms with E-state index >= 15 is 0 Å². The largest absolute Gasteiger partial charge is 0.341 e. The number of fused-ring (bicyclic) bond motifs is 1. The molecule has 2 aliphatic rings. The summed E-state index contributed by atoms with van der Waals surface area (Å²) in [5.41, 5.74) is 1.71. The summed E-state index contributed by atoms with van der Waals surface area (Å²) in [5, 5.41) is 0.581. The van der Waals surface area contributed by atoms with Gasteiger partial charge in [0.25, 0.3) is 5.56 Å². The third kappa shape index (κ3) is 3.37. The van der Waals surface area contributed by atoms with Gasteiger partial charge in [-0.1, -0.05) is 25.6 Å². The summed E-state index contributed by atoms with van der Waals surface area (Å²) in [6.45, 7) is 6.08. The van der Waals surface area contributed by atoms with Crippen LogP contribution in [0.4, 0.5) is 0 Å². The lowest BCUT2D eigenvalue weighted by atomic mass is 9.92. The predicted molar refractivity (Wildman–Crippen MR) is 87.1 cm³/mol. The number of likely N-dealkylation sites (tertiary alicyclic amines) is 1. The van der Waals surface area contributed by atoms with Crippen LogP contribution in [0.2, 0.25) is 0 Å². The number of amides is 1. The van der Waals surface area contributed by atoms with Gasteiger partial charge in [-0.25, -0.2) is 4.98 Å². The van der Waals surface area contributed by atoms with E-state index in [1.54, 1.807) is 0 Å². The second kappa shape index (κ2) is 6.44. The SMILES string of the molecule is C[C@@H]1C[C@@H](C)CN(C(=O)CSc2nc3c(c(=O)[nH]2)CCC3)C1. The highest BCUT2D eigenvalue weighted by Crippen LogP contribution is 2.23. The van der Waals surface area contributed by atoms with E-state index in [1.807, 2.05) is 4.90 Å². The normalized spacial score (nSPS) is 24.4. The molecule has 1 aliphatic carbocycles. The molecule has 5 nitrogen and oxygen atoms in total. The van der Waals surface area contributed by atoms with Crippen LogP contribution in [0.3, 0.4) is 0 Å². The van der Waals surface area contributed by atoms with Gasteiger partial charge in [-0.3, -0.25) is 9.59 Å². The van der Waals surface area contributed by atoms with Crippen LogP contribution in [0.15, 0.2) is 9.95 Å². The Labute approximate surface area is 134 Å². The van der Waals surface area contributed by atoms with Gasteiger partial charge in [0.15, 0.2) is 5.16 Å². The molecule has 0 bridgehead atoms. The molecule has 0 saturated carbocycles. The molecule has 1 N–H and O–H groups in total. The molecular formula is C16H23N3O2S. The van der Waals surface area contributed by atoms with Gasteiger partial charge in [-0.2, -0.15) is 0 Å². The first kappa shape index (κ1) is 15.6. The predicted octanol–water partition coefficient (Wildman–Crippen LogP) is 1.86. The van der Waals surface area contributed by atoms with E-state index in [-0.39, 0.29) is 11.5 Å². The van der Waals surface area contributed by atoms with Crippen LogP contribution in [0.1, 0.15) is 37.9 Å². The summed E-state index contributed by atoms with van der Waals surface area (Å²) in [6, 6.07) is 0. The standard InChI is InChI=1S/C16H23N3O2S/c1-10-6-11(2)8-19(7-10)14(20)9-22-16-17-13-5-3-4-12(13)15(21)18-16/h10-11H,3-9H2,1-2H3,(H,17,18,21)/t10-,11-/m1/s1. The van der Waals surface area contributed by atoms with Crippen LogP contribution >= 0.6 is 11.8 Å². The van der Waals surface area contributed by atoms with Gasteiger partial charge < -0.3 is 9.88 Å². The number of H-pyrrole nitrogens is 1. The molecule has 22 heavy (non-hydrogen) atoms. The van der Waals surface area contributed by atoms with Crippen molar-refractivity contribution in [2.24, 2.45) is 11.8 Å². The van der Waals surface area contributed by atoms with Crippen LogP contribution in [0.5, 0.6) is 0 Å². The fraction of sp³-hybridized carbons (Fsp3) is 0.688. The van der Waals surface area contributed by atoms with Crippen molar-refractivity contribution in [1.29, 1.82) is 0 Å². The van der Waals surface area contributed by atoms with E-state index in [0.29, 0.717) is 22.7 Å². The molecule has 0 radical (unpaired) electrons. The Bertz CT molecular complexity index is 618. The number of aryl methyl sites for hydroxylation is 1. The van der Waals surface area contributed by atoms with Crippen molar-refractivity contribution in [1.82, 2.24) is 14.9 Å². The fourth-order valence-electron chi connectivity index (χ4n) is 3.58. The third-order valence-electron chi connectivity index (χ3n) is 4.47. The monoisotopic (exact) mass is 321 g/mol. The highest BCUT2D eigenvalue weighted by molar-refractivity contribution is 7.99. The van der Waals surface area contributed by atoms with Gasteiger partial charge in [-0.05, 0) is 37.5 Å². The fourth-order valence-corrected chi connectivity index (χ4v) is 4.36. The number of aromatic nitrogens is 2. The number of carbonyl (C=O) groups is 1. The maximum atomic E-state index is 12.4. The van der Waals surface area contributed by atoms with Crippen LogP contribution < -0.4 is 5.56 Å². The Hall–Kier alpha value is -1.30. The van der Waals surface area contributed by atoms with Gasteiger partial charge in [0.2, 0.25) is 5.91 Å². The van der Waals surface area contributed by atoms with Crippen molar-refractivity contribution in [3.05, 3.63) is 21.6 Å². The smallest absolute Gasteiger partial charge is 0.254 e. The zero-order chi connectivity index (χ0) is 15.7. The van der Waals surface area contributed by atoms with Crippen molar-refractivity contribution in [2.45, 2.75) is 44.7 Å². The van der Waals surface area contributed by atoms with E-state index in [4.69, 9.17) is 0 Å².